The zero-order valence-electron chi connectivity index (χ0n) is 14.3. The Morgan fingerprint density at radius 3 is 2.15 bits per heavy atom. The maximum atomic E-state index is 12.4. The van der Waals surface area contributed by atoms with E-state index in [1.54, 1.807) is 24.3 Å². The molecule has 0 aromatic heterocycles. The normalized spacial score (nSPS) is 10.3. The molecule has 6 heteroatoms. The number of carbonyl (C=O) groups excluding carboxylic acids is 2. The van der Waals surface area contributed by atoms with Gasteiger partial charge in [0.2, 0.25) is 0 Å². The second kappa shape index (κ2) is 8.67. The summed E-state index contributed by atoms with van der Waals surface area (Å²) in [6.07, 6.45) is 0. The molecule has 0 saturated heterocycles. The highest BCUT2D eigenvalue weighted by Gasteiger charge is 2.11. The van der Waals surface area contributed by atoms with Gasteiger partial charge in [-0.3, -0.25) is 4.79 Å². The smallest absolute Gasteiger partial charge is 0.337 e. The van der Waals surface area contributed by atoms with Crippen LogP contribution < -0.4 is 5.32 Å². The van der Waals surface area contributed by atoms with Crippen LogP contribution in [0.25, 0.3) is 11.1 Å². The maximum Gasteiger partial charge on any atom is 0.337 e. The highest BCUT2D eigenvalue weighted by molar-refractivity contribution is 14.1. The number of hydrogen-bond acceptors (Lipinski definition) is 3. The summed E-state index contributed by atoms with van der Waals surface area (Å²) < 4.78 is 6.62. The van der Waals surface area contributed by atoms with Gasteiger partial charge in [0, 0.05) is 19.3 Å². The van der Waals surface area contributed by atoms with Crippen molar-refractivity contribution in [3.63, 3.8) is 0 Å². The molecule has 0 aliphatic heterocycles. The van der Waals surface area contributed by atoms with Crippen molar-refractivity contribution in [3.05, 3.63) is 85.9 Å². The lowest BCUT2D eigenvalue weighted by Gasteiger charge is -2.09. The fourth-order valence-electron chi connectivity index (χ4n) is 2.53. The average molecular weight is 536 g/mol. The van der Waals surface area contributed by atoms with Crippen molar-refractivity contribution in [2.45, 2.75) is 0 Å². The van der Waals surface area contributed by atoms with Crippen LogP contribution in [0, 0.1) is 3.57 Å². The van der Waals surface area contributed by atoms with Crippen molar-refractivity contribution in [3.8, 4) is 11.1 Å². The van der Waals surface area contributed by atoms with Gasteiger partial charge in [0.05, 0.1) is 12.7 Å². The van der Waals surface area contributed by atoms with E-state index < -0.39 is 0 Å². The summed E-state index contributed by atoms with van der Waals surface area (Å²) in [5.74, 6) is -0.548. The first-order chi connectivity index (χ1) is 13.0. The molecule has 1 amide bonds. The van der Waals surface area contributed by atoms with E-state index in [9.17, 15) is 9.59 Å². The SMILES string of the molecule is COC(=O)c1ccc(-c2ccc(C(=O)Nc3ccc(I)cc3)cc2)c(Br)c1. The highest BCUT2D eigenvalue weighted by Crippen LogP contribution is 2.29. The first-order valence-electron chi connectivity index (χ1n) is 8.03. The summed E-state index contributed by atoms with van der Waals surface area (Å²) in [4.78, 5) is 24.0. The summed E-state index contributed by atoms with van der Waals surface area (Å²) in [5.41, 5.74) is 3.66. The number of nitrogens with one attached hydrogen (secondary N) is 1. The van der Waals surface area contributed by atoms with Gasteiger partial charge < -0.3 is 10.1 Å². The van der Waals surface area contributed by atoms with Crippen LogP contribution in [0.5, 0.6) is 0 Å². The molecule has 3 aromatic rings. The van der Waals surface area contributed by atoms with Crippen molar-refractivity contribution in [1.82, 2.24) is 0 Å². The minimum absolute atomic E-state index is 0.164. The fraction of sp³-hybridized carbons (Fsp3) is 0.0476. The molecule has 0 bridgehead atoms. The first-order valence-corrected chi connectivity index (χ1v) is 9.90. The van der Waals surface area contributed by atoms with Gasteiger partial charge in [0.15, 0.2) is 0 Å². The zero-order chi connectivity index (χ0) is 19.4. The molecule has 4 nitrogen and oxygen atoms in total. The summed E-state index contributed by atoms with van der Waals surface area (Å²) in [5, 5.41) is 2.88. The number of esters is 1. The van der Waals surface area contributed by atoms with Crippen molar-refractivity contribution in [1.29, 1.82) is 0 Å². The molecule has 27 heavy (non-hydrogen) atoms. The third-order valence-electron chi connectivity index (χ3n) is 3.95. The van der Waals surface area contributed by atoms with E-state index >= 15 is 0 Å². The van der Waals surface area contributed by atoms with Crippen LogP contribution in [0.4, 0.5) is 5.69 Å². The van der Waals surface area contributed by atoms with Crippen LogP contribution in [-0.2, 0) is 4.74 Å². The molecule has 0 aliphatic carbocycles. The Balaban J connectivity index is 1.77. The van der Waals surface area contributed by atoms with Crippen LogP contribution in [-0.4, -0.2) is 19.0 Å². The van der Waals surface area contributed by atoms with Gasteiger partial charge in [-0.05, 0) is 82.2 Å². The molecule has 0 aliphatic rings. The lowest BCUT2D eigenvalue weighted by molar-refractivity contribution is 0.0600. The van der Waals surface area contributed by atoms with Gasteiger partial charge in [-0.2, -0.15) is 0 Å². The molecule has 1 N–H and O–H groups in total. The van der Waals surface area contributed by atoms with Crippen LogP contribution in [0.2, 0.25) is 0 Å². The van der Waals surface area contributed by atoms with Crippen LogP contribution in [0.3, 0.4) is 0 Å². The molecule has 136 valence electrons. The van der Waals surface area contributed by atoms with E-state index in [-0.39, 0.29) is 11.9 Å². The van der Waals surface area contributed by atoms with Crippen LogP contribution in [0.15, 0.2) is 71.2 Å². The largest absolute Gasteiger partial charge is 0.465 e. The molecule has 0 spiro atoms. The Morgan fingerprint density at radius 1 is 0.926 bits per heavy atom. The fourth-order valence-corrected chi connectivity index (χ4v) is 3.50. The maximum absolute atomic E-state index is 12.4. The molecule has 0 fully saturated rings. The minimum atomic E-state index is -0.384. The van der Waals surface area contributed by atoms with Crippen molar-refractivity contribution >= 4 is 56.1 Å². The van der Waals surface area contributed by atoms with E-state index in [1.165, 1.54) is 7.11 Å². The predicted molar refractivity (Wildman–Crippen MR) is 118 cm³/mol. The quantitative estimate of drug-likeness (QED) is 0.341. The third-order valence-corrected chi connectivity index (χ3v) is 5.33. The number of amides is 1. The lowest BCUT2D eigenvalue weighted by Crippen LogP contribution is -2.11. The summed E-state index contributed by atoms with van der Waals surface area (Å²) in [7, 11) is 1.35. The Bertz CT molecular complexity index is 985. The number of hydrogen-bond donors (Lipinski definition) is 1. The van der Waals surface area contributed by atoms with Crippen LogP contribution >= 0.6 is 38.5 Å². The van der Waals surface area contributed by atoms with E-state index in [2.05, 4.69) is 43.8 Å². The van der Waals surface area contributed by atoms with Gasteiger partial charge in [-0.15, -0.1) is 0 Å². The second-order valence-electron chi connectivity index (χ2n) is 5.72. The van der Waals surface area contributed by atoms with E-state index in [4.69, 9.17) is 4.74 Å². The van der Waals surface area contributed by atoms with Crippen molar-refractivity contribution < 1.29 is 14.3 Å². The topological polar surface area (TPSA) is 55.4 Å². The minimum Gasteiger partial charge on any atom is -0.465 e. The van der Waals surface area contributed by atoms with Gasteiger partial charge >= 0.3 is 5.97 Å². The van der Waals surface area contributed by atoms with Crippen LogP contribution in [0.1, 0.15) is 20.7 Å². The lowest BCUT2D eigenvalue weighted by atomic mass is 10.0. The van der Waals surface area contributed by atoms with Gasteiger partial charge in [-0.25, -0.2) is 4.79 Å². The zero-order valence-corrected chi connectivity index (χ0v) is 18.1. The summed E-state index contributed by atoms with van der Waals surface area (Å²) >= 11 is 5.71. The summed E-state index contributed by atoms with van der Waals surface area (Å²) in [6, 6.07) is 20.2. The Morgan fingerprint density at radius 2 is 1.56 bits per heavy atom. The molecular weight excluding hydrogens is 521 g/mol. The van der Waals surface area contributed by atoms with E-state index in [1.807, 2.05) is 42.5 Å². The molecule has 3 aromatic carbocycles. The molecule has 0 heterocycles. The number of rotatable bonds is 4. The van der Waals surface area contributed by atoms with Crippen molar-refractivity contribution in [2.24, 2.45) is 0 Å². The molecule has 0 atom stereocenters. The monoisotopic (exact) mass is 535 g/mol. The molecule has 0 saturated carbocycles. The Kier molecular flexibility index (Phi) is 6.28. The van der Waals surface area contributed by atoms with Gasteiger partial charge in [-0.1, -0.05) is 34.1 Å². The van der Waals surface area contributed by atoms with Crippen molar-refractivity contribution in [2.75, 3.05) is 12.4 Å². The summed E-state index contributed by atoms with van der Waals surface area (Å²) in [6.45, 7) is 0. The first kappa shape index (κ1) is 19.6. The Hall–Kier alpha value is -2.19. The number of halogens is 2. The number of methoxy groups -OCH3 is 1. The van der Waals surface area contributed by atoms with Gasteiger partial charge in [0.25, 0.3) is 5.91 Å². The highest BCUT2D eigenvalue weighted by atomic mass is 127. The molecule has 0 unspecified atom stereocenters. The Labute approximate surface area is 179 Å². The number of benzene rings is 3. The second-order valence-corrected chi connectivity index (χ2v) is 7.82. The molecule has 0 radical (unpaired) electrons. The van der Waals surface area contributed by atoms with E-state index in [0.29, 0.717) is 11.1 Å². The third kappa shape index (κ3) is 4.75. The number of carbonyl (C=O) groups is 2. The molecular formula is C21H15BrINO3. The van der Waals surface area contributed by atoms with E-state index in [0.717, 1.165) is 24.9 Å². The number of ether oxygens (including phenoxy) is 1. The standard InChI is InChI=1S/C21H15BrINO3/c1-27-21(26)15-6-11-18(19(22)12-15)13-2-4-14(5-3-13)20(25)24-17-9-7-16(23)8-10-17/h2-12H,1H3,(H,24,25). The predicted octanol–water partition coefficient (Wildman–Crippen LogP) is 5.76. The average Bonchev–Trinajstić information content (AvgIpc) is 2.69. The molecule has 3 rings (SSSR count). The van der Waals surface area contributed by atoms with Gasteiger partial charge in [0.1, 0.15) is 0 Å². The number of anilines is 1.